The molecule has 2 heterocycles. The lowest BCUT2D eigenvalue weighted by atomic mass is 9.94. The number of hydrogen-bond acceptors (Lipinski definition) is 3. The molecule has 3 rings (SSSR count). The van der Waals surface area contributed by atoms with E-state index in [1.165, 1.54) is 37.9 Å². The number of carbonyl (C=O) groups excluding carboxylic acids is 1. The predicted molar refractivity (Wildman–Crippen MR) is 108 cm³/mol. The monoisotopic (exact) mass is 357 g/mol. The van der Waals surface area contributed by atoms with Crippen LogP contribution in [0, 0.1) is 19.8 Å². The highest BCUT2D eigenvalue weighted by atomic mass is 16.2. The number of piperidine rings is 2. The van der Waals surface area contributed by atoms with Gasteiger partial charge in [-0.2, -0.15) is 0 Å². The normalized spacial score (nSPS) is 21.0. The molecule has 0 aliphatic carbocycles. The van der Waals surface area contributed by atoms with E-state index in [9.17, 15) is 4.79 Å². The molecule has 1 aromatic rings. The fourth-order valence-electron chi connectivity index (χ4n) is 4.67. The van der Waals surface area contributed by atoms with Gasteiger partial charge in [-0.3, -0.25) is 4.79 Å². The molecular formula is C22H35N3O. The Hall–Kier alpha value is -1.55. The summed E-state index contributed by atoms with van der Waals surface area (Å²) in [6, 6.07) is 4.96. The number of carbonyl (C=O) groups is 1. The van der Waals surface area contributed by atoms with Crippen molar-refractivity contribution in [2.45, 2.75) is 65.3 Å². The highest BCUT2D eigenvalue weighted by Crippen LogP contribution is 2.24. The van der Waals surface area contributed by atoms with Gasteiger partial charge in [0.1, 0.15) is 0 Å². The average Bonchev–Trinajstić information content (AvgIpc) is 2.66. The fourth-order valence-corrected chi connectivity index (χ4v) is 4.67. The average molecular weight is 358 g/mol. The van der Waals surface area contributed by atoms with Crippen LogP contribution in [0.1, 0.15) is 55.7 Å². The molecule has 4 heteroatoms. The number of aryl methyl sites for hydroxylation is 2. The van der Waals surface area contributed by atoms with Gasteiger partial charge >= 0.3 is 0 Å². The van der Waals surface area contributed by atoms with Gasteiger partial charge in [0.05, 0.1) is 0 Å². The molecule has 0 bridgehead atoms. The fraction of sp³-hybridized carbons (Fsp3) is 0.682. The Bertz CT molecular complexity index is 605. The maximum absolute atomic E-state index is 12.9. The van der Waals surface area contributed by atoms with Gasteiger partial charge in [-0.1, -0.05) is 25.5 Å². The molecule has 26 heavy (non-hydrogen) atoms. The Kier molecular flexibility index (Phi) is 6.23. The molecular weight excluding hydrogens is 322 g/mol. The number of hydrogen-bond donors (Lipinski definition) is 1. The molecule has 0 saturated carbocycles. The Morgan fingerprint density at radius 1 is 1.08 bits per heavy atom. The highest BCUT2D eigenvalue weighted by Gasteiger charge is 2.29. The summed E-state index contributed by atoms with van der Waals surface area (Å²) in [6.07, 6.45) is 7.15. The molecule has 1 amide bonds. The van der Waals surface area contributed by atoms with Gasteiger partial charge in [0, 0.05) is 30.7 Å². The van der Waals surface area contributed by atoms with Gasteiger partial charge in [0.25, 0.3) is 0 Å². The first-order chi connectivity index (χ1) is 12.5. The van der Waals surface area contributed by atoms with E-state index in [0.717, 1.165) is 49.2 Å². The zero-order valence-electron chi connectivity index (χ0n) is 16.8. The second-order valence-electron chi connectivity index (χ2n) is 8.40. The van der Waals surface area contributed by atoms with Crippen molar-refractivity contribution >= 4 is 11.6 Å². The van der Waals surface area contributed by atoms with Crippen LogP contribution in [-0.4, -0.2) is 47.9 Å². The van der Waals surface area contributed by atoms with E-state index >= 15 is 0 Å². The van der Waals surface area contributed by atoms with Gasteiger partial charge in [-0.05, 0) is 75.7 Å². The SMILES string of the molecule is Cc1cc(C[C@@H](C)C(=O)N2CCC(N3CCCCC3)CC2)cc(C)c1N. The number of nitrogens with zero attached hydrogens (tertiary/aromatic N) is 2. The summed E-state index contributed by atoms with van der Waals surface area (Å²) < 4.78 is 0. The number of rotatable bonds is 4. The van der Waals surface area contributed by atoms with Crippen molar-refractivity contribution in [2.75, 3.05) is 31.9 Å². The first-order valence-corrected chi connectivity index (χ1v) is 10.3. The Morgan fingerprint density at radius 3 is 2.23 bits per heavy atom. The third-order valence-corrected chi connectivity index (χ3v) is 6.30. The number of nitrogen functional groups attached to an aromatic ring is 1. The summed E-state index contributed by atoms with van der Waals surface area (Å²) in [7, 11) is 0. The van der Waals surface area contributed by atoms with Crippen molar-refractivity contribution in [3.63, 3.8) is 0 Å². The Labute approximate surface area is 158 Å². The highest BCUT2D eigenvalue weighted by molar-refractivity contribution is 5.79. The Morgan fingerprint density at radius 2 is 1.65 bits per heavy atom. The molecule has 2 fully saturated rings. The lowest BCUT2D eigenvalue weighted by Gasteiger charge is -2.40. The number of benzene rings is 1. The number of nitrogens with two attached hydrogens (primary N) is 1. The van der Waals surface area contributed by atoms with Gasteiger partial charge in [-0.15, -0.1) is 0 Å². The van der Waals surface area contributed by atoms with Crippen LogP contribution >= 0.6 is 0 Å². The number of amides is 1. The van der Waals surface area contributed by atoms with Crippen molar-refractivity contribution in [1.82, 2.24) is 9.80 Å². The molecule has 2 aliphatic rings. The van der Waals surface area contributed by atoms with Gasteiger partial charge in [0.2, 0.25) is 5.91 Å². The third-order valence-electron chi connectivity index (χ3n) is 6.30. The van der Waals surface area contributed by atoms with E-state index in [2.05, 4.69) is 28.9 Å². The molecule has 1 aromatic carbocycles. The first-order valence-electron chi connectivity index (χ1n) is 10.3. The van der Waals surface area contributed by atoms with Crippen LogP contribution in [0.25, 0.3) is 0 Å². The van der Waals surface area contributed by atoms with Crippen molar-refractivity contribution in [3.8, 4) is 0 Å². The summed E-state index contributed by atoms with van der Waals surface area (Å²) in [5.41, 5.74) is 10.4. The van der Waals surface area contributed by atoms with E-state index in [-0.39, 0.29) is 5.92 Å². The van der Waals surface area contributed by atoms with E-state index in [0.29, 0.717) is 11.9 Å². The topological polar surface area (TPSA) is 49.6 Å². The summed E-state index contributed by atoms with van der Waals surface area (Å²) in [5, 5.41) is 0. The molecule has 0 unspecified atom stereocenters. The summed E-state index contributed by atoms with van der Waals surface area (Å²) in [4.78, 5) is 17.7. The number of anilines is 1. The standard InChI is InChI=1S/C22H35N3O/c1-16-13-19(14-17(2)21(16)23)15-18(3)22(26)25-11-7-20(8-12-25)24-9-5-4-6-10-24/h13-14,18,20H,4-12,15,23H2,1-3H3/t18-/m1/s1. The maximum atomic E-state index is 12.9. The number of likely N-dealkylation sites (tertiary alicyclic amines) is 2. The van der Waals surface area contributed by atoms with Crippen LogP contribution in [0.5, 0.6) is 0 Å². The molecule has 1 atom stereocenters. The molecule has 0 aromatic heterocycles. The summed E-state index contributed by atoms with van der Waals surface area (Å²) >= 11 is 0. The lowest BCUT2D eigenvalue weighted by molar-refractivity contribution is -0.136. The molecule has 2 saturated heterocycles. The van der Waals surface area contributed by atoms with Crippen molar-refractivity contribution in [1.29, 1.82) is 0 Å². The second-order valence-corrected chi connectivity index (χ2v) is 8.40. The lowest BCUT2D eigenvalue weighted by Crippen LogP contribution is -2.49. The van der Waals surface area contributed by atoms with Crippen LogP contribution in [0.4, 0.5) is 5.69 Å². The van der Waals surface area contributed by atoms with E-state index < -0.39 is 0 Å². The smallest absolute Gasteiger partial charge is 0.225 e. The molecule has 144 valence electrons. The quantitative estimate of drug-likeness (QED) is 0.839. The molecule has 0 radical (unpaired) electrons. The van der Waals surface area contributed by atoms with Crippen LogP contribution in [0.15, 0.2) is 12.1 Å². The van der Waals surface area contributed by atoms with E-state index in [1.807, 2.05) is 13.8 Å². The minimum absolute atomic E-state index is 0.0314. The maximum Gasteiger partial charge on any atom is 0.225 e. The van der Waals surface area contributed by atoms with Crippen LogP contribution < -0.4 is 5.73 Å². The molecule has 0 spiro atoms. The van der Waals surface area contributed by atoms with E-state index in [1.54, 1.807) is 0 Å². The Balaban J connectivity index is 1.53. The van der Waals surface area contributed by atoms with Gasteiger partial charge in [0.15, 0.2) is 0 Å². The molecule has 2 N–H and O–H groups in total. The molecule has 4 nitrogen and oxygen atoms in total. The minimum atomic E-state index is 0.0314. The van der Waals surface area contributed by atoms with Gasteiger partial charge in [-0.25, -0.2) is 0 Å². The molecule has 2 aliphatic heterocycles. The zero-order valence-corrected chi connectivity index (χ0v) is 16.8. The van der Waals surface area contributed by atoms with Crippen molar-refractivity contribution in [2.24, 2.45) is 5.92 Å². The van der Waals surface area contributed by atoms with Crippen LogP contribution in [0.3, 0.4) is 0 Å². The van der Waals surface area contributed by atoms with Gasteiger partial charge < -0.3 is 15.5 Å². The second kappa shape index (κ2) is 8.43. The summed E-state index contributed by atoms with van der Waals surface area (Å²) in [6.45, 7) is 10.5. The minimum Gasteiger partial charge on any atom is -0.398 e. The van der Waals surface area contributed by atoms with Crippen LogP contribution in [-0.2, 0) is 11.2 Å². The predicted octanol–water partition coefficient (Wildman–Crippen LogP) is 3.54. The first kappa shape index (κ1) is 19.2. The van der Waals surface area contributed by atoms with Crippen LogP contribution in [0.2, 0.25) is 0 Å². The largest absolute Gasteiger partial charge is 0.398 e. The van der Waals surface area contributed by atoms with E-state index in [4.69, 9.17) is 5.73 Å². The third kappa shape index (κ3) is 4.40. The van der Waals surface area contributed by atoms with Crippen molar-refractivity contribution in [3.05, 3.63) is 28.8 Å². The summed E-state index contributed by atoms with van der Waals surface area (Å²) in [5.74, 6) is 0.346. The van der Waals surface area contributed by atoms with Crippen molar-refractivity contribution < 1.29 is 4.79 Å². The zero-order chi connectivity index (χ0) is 18.7.